The van der Waals surface area contributed by atoms with E-state index in [-0.39, 0.29) is 0 Å². The lowest BCUT2D eigenvalue weighted by Crippen LogP contribution is -2.15. The molecule has 0 aromatic rings. The molecule has 0 heteroatoms. The second-order valence-electron chi connectivity index (χ2n) is 4.68. The van der Waals surface area contributed by atoms with Gasteiger partial charge in [0.2, 0.25) is 0 Å². The maximum Gasteiger partial charge on any atom is -0.0258 e. The van der Waals surface area contributed by atoms with Crippen LogP contribution in [-0.2, 0) is 0 Å². The van der Waals surface area contributed by atoms with Crippen LogP contribution in [-0.4, -0.2) is 0 Å². The van der Waals surface area contributed by atoms with E-state index in [9.17, 15) is 0 Å². The molecule has 0 radical (unpaired) electrons. The molecule has 0 N–H and O–H groups in total. The van der Waals surface area contributed by atoms with E-state index in [0.29, 0.717) is 5.41 Å². The van der Waals surface area contributed by atoms with E-state index >= 15 is 0 Å². The molecule has 2 bridgehead atoms. The van der Waals surface area contributed by atoms with Gasteiger partial charge in [0.25, 0.3) is 0 Å². The Balaban J connectivity index is 2.10. The Labute approximate surface area is 69.7 Å². The molecule has 62 valence electrons. The van der Waals surface area contributed by atoms with Crippen molar-refractivity contribution in [2.24, 2.45) is 17.3 Å². The van der Waals surface area contributed by atoms with E-state index in [1.165, 1.54) is 32.1 Å². The van der Waals surface area contributed by atoms with Crippen LogP contribution in [0.2, 0.25) is 0 Å². The fourth-order valence-electron chi connectivity index (χ4n) is 3.35. The van der Waals surface area contributed by atoms with Crippen LogP contribution in [0.25, 0.3) is 0 Å². The number of hydrogen-bond donors (Lipinski definition) is 0. The van der Waals surface area contributed by atoms with Gasteiger partial charge in [0.15, 0.2) is 0 Å². The molecule has 0 aromatic heterocycles. The van der Waals surface area contributed by atoms with Gasteiger partial charge in [-0.05, 0) is 49.4 Å². The van der Waals surface area contributed by atoms with Crippen LogP contribution in [0.3, 0.4) is 0 Å². The molecule has 11 heavy (non-hydrogen) atoms. The van der Waals surface area contributed by atoms with E-state index in [2.05, 4.69) is 19.6 Å². The Morgan fingerprint density at radius 3 is 2.82 bits per heavy atom. The summed E-state index contributed by atoms with van der Waals surface area (Å²) in [6, 6.07) is 0. The van der Waals surface area contributed by atoms with Crippen LogP contribution in [0.5, 0.6) is 0 Å². The van der Waals surface area contributed by atoms with Gasteiger partial charge in [0, 0.05) is 0 Å². The molecule has 2 aliphatic carbocycles. The normalized spacial score (nSPS) is 48.1. The second-order valence-corrected chi connectivity index (χ2v) is 4.68. The minimum absolute atomic E-state index is 0.714. The molecule has 2 aliphatic rings. The summed E-state index contributed by atoms with van der Waals surface area (Å²) in [5.74, 6) is 2.07. The minimum atomic E-state index is 0.714. The molecule has 2 saturated carbocycles. The van der Waals surface area contributed by atoms with Gasteiger partial charge in [-0.3, -0.25) is 0 Å². The zero-order valence-corrected chi connectivity index (χ0v) is 7.47. The third-order valence-electron chi connectivity index (χ3n) is 3.88. The van der Waals surface area contributed by atoms with Crippen LogP contribution >= 0.6 is 0 Å². The van der Waals surface area contributed by atoms with Crippen molar-refractivity contribution in [2.75, 3.05) is 0 Å². The van der Waals surface area contributed by atoms with Gasteiger partial charge in [-0.1, -0.05) is 13.0 Å². The maximum absolute atomic E-state index is 3.86. The van der Waals surface area contributed by atoms with Gasteiger partial charge in [-0.25, -0.2) is 0 Å². The summed E-state index contributed by atoms with van der Waals surface area (Å²) in [6.07, 6.45) is 9.35. The van der Waals surface area contributed by atoms with Crippen LogP contribution in [0, 0.1) is 17.3 Å². The maximum atomic E-state index is 3.86. The number of rotatable bonds is 2. The number of allylic oxidation sites excluding steroid dienone is 1. The standard InChI is InChI=1S/C11H18/c1-3-5-11-6-4-10(8-11)9(2)7-11/h3,9-10H,1,4-8H2,2H3. The fourth-order valence-corrected chi connectivity index (χ4v) is 3.35. The van der Waals surface area contributed by atoms with Gasteiger partial charge in [0.05, 0.1) is 0 Å². The van der Waals surface area contributed by atoms with Gasteiger partial charge in [-0.2, -0.15) is 0 Å². The predicted octanol–water partition coefficient (Wildman–Crippen LogP) is 3.39. The summed E-state index contributed by atoms with van der Waals surface area (Å²) >= 11 is 0. The van der Waals surface area contributed by atoms with E-state index in [4.69, 9.17) is 0 Å². The van der Waals surface area contributed by atoms with Gasteiger partial charge >= 0.3 is 0 Å². The summed E-state index contributed by atoms with van der Waals surface area (Å²) in [6.45, 7) is 6.29. The molecule has 0 spiro atoms. The summed E-state index contributed by atoms with van der Waals surface area (Å²) in [4.78, 5) is 0. The van der Waals surface area contributed by atoms with Crippen molar-refractivity contribution in [3.63, 3.8) is 0 Å². The van der Waals surface area contributed by atoms with E-state index < -0.39 is 0 Å². The molecule has 0 aromatic carbocycles. The lowest BCUT2D eigenvalue weighted by Gasteiger charge is -2.27. The summed E-state index contributed by atoms with van der Waals surface area (Å²) < 4.78 is 0. The van der Waals surface area contributed by atoms with Crippen molar-refractivity contribution in [1.29, 1.82) is 0 Å². The summed E-state index contributed by atoms with van der Waals surface area (Å²) in [5, 5.41) is 0. The largest absolute Gasteiger partial charge is 0.103 e. The minimum Gasteiger partial charge on any atom is -0.103 e. The highest BCUT2D eigenvalue weighted by Crippen LogP contribution is 2.58. The SMILES string of the molecule is C=CCC12CCC(C1)C(C)C2. The molecule has 0 nitrogen and oxygen atoms in total. The van der Waals surface area contributed by atoms with Gasteiger partial charge in [0.1, 0.15) is 0 Å². The second kappa shape index (κ2) is 2.36. The Morgan fingerprint density at radius 2 is 2.36 bits per heavy atom. The molecule has 0 aliphatic heterocycles. The fraction of sp³-hybridized carbons (Fsp3) is 0.818. The van der Waals surface area contributed by atoms with Crippen LogP contribution < -0.4 is 0 Å². The lowest BCUT2D eigenvalue weighted by atomic mass is 9.78. The zero-order valence-electron chi connectivity index (χ0n) is 7.47. The molecule has 3 unspecified atom stereocenters. The Hall–Kier alpha value is -0.260. The van der Waals surface area contributed by atoms with Crippen molar-refractivity contribution < 1.29 is 0 Å². The first-order chi connectivity index (χ1) is 5.26. The molecular formula is C11H18. The van der Waals surface area contributed by atoms with Gasteiger partial charge < -0.3 is 0 Å². The average Bonchev–Trinajstić information content (AvgIpc) is 2.44. The van der Waals surface area contributed by atoms with Gasteiger partial charge in [-0.15, -0.1) is 6.58 Å². The zero-order chi connectivity index (χ0) is 7.90. The average molecular weight is 150 g/mol. The van der Waals surface area contributed by atoms with Crippen molar-refractivity contribution >= 4 is 0 Å². The first-order valence-electron chi connectivity index (χ1n) is 4.87. The Bertz CT molecular complexity index is 167. The number of fused-ring (bicyclic) bond motifs is 2. The van der Waals surface area contributed by atoms with Crippen LogP contribution in [0.1, 0.15) is 39.0 Å². The lowest BCUT2D eigenvalue weighted by molar-refractivity contribution is 0.259. The topological polar surface area (TPSA) is 0 Å². The van der Waals surface area contributed by atoms with Crippen molar-refractivity contribution in [2.45, 2.75) is 39.0 Å². The monoisotopic (exact) mass is 150 g/mol. The first kappa shape index (κ1) is 7.39. The smallest absolute Gasteiger partial charge is 0.0258 e. The highest BCUT2D eigenvalue weighted by Gasteiger charge is 2.47. The van der Waals surface area contributed by atoms with Crippen molar-refractivity contribution in [3.05, 3.63) is 12.7 Å². The predicted molar refractivity (Wildman–Crippen MR) is 48.4 cm³/mol. The molecule has 0 saturated heterocycles. The summed E-state index contributed by atoms with van der Waals surface area (Å²) in [7, 11) is 0. The number of hydrogen-bond acceptors (Lipinski definition) is 0. The molecule has 2 fully saturated rings. The third kappa shape index (κ3) is 1.04. The van der Waals surface area contributed by atoms with E-state index in [0.717, 1.165) is 11.8 Å². The van der Waals surface area contributed by atoms with Crippen molar-refractivity contribution in [1.82, 2.24) is 0 Å². The molecular weight excluding hydrogens is 132 g/mol. The third-order valence-corrected chi connectivity index (χ3v) is 3.88. The van der Waals surface area contributed by atoms with Crippen molar-refractivity contribution in [3.8, 4) is 0 Å². The molecule has 0 amide bonds. The molecule has 2 rings (SSSR count). The molecule has 3 atom stereocenters. The molecule has 0 heterocycles. The highest BCUT2D eigenvalue weighted by molar-refractivity contribution is 5.01. The van der Waals surface area contributed by atoms with Crippen LogP contribution in [0.4, 0.5) is 0 Å². The van der Waals surface area contributed by atoms with E-state index in [1.807, 2.05) is 0 Å². The first-order valence-corrected chi connectivity index (χ1v) is 4.87. The Kier molecular flexibility index (Phi) is 1.59. The summed E-state index contributed by atoms with van der Waals surface area (Å²) in [5.41, 5.74) is 0.714. The van der Waals surface area contributed by atoms with E-state index in [1.54, 1.807) is 0 Å². The van der Waals surface area contributed by atoms with Crippen LogP contribution in [0.15, 0.2) is 12.7 Å². The Morgan fingerprint density at radius 1 is 1.55 bits per heavy atom. The highest BCUT2D eigenvalue weighted by atomic mass is 14.5. The quantitative estimate of drug-likeness (QED) is 0.529.